The van der Waals surface area contributed by atoms with Crippen LogP contribution in [0.1, 0.15) is 55.5 Å². The van der Waals surface area contributed by atoms with Crippen molar-refractivity contribution >= 4 is 21.4 Å². The summed E-state index contributed by atoms with van der Waals surface area (Å²) < 4.78 is 29.8. The highest BCUT2D eigenvalue weighted by molar-refractivity contribution is 7.93. The minimum absolute atomic E-state index is 0.231. The van der Waals surface area contributed by atoms with Crippen molar-refractivity contribution in [2.45, 2.75) is 50.3 Å². The van der Waals surface area contributed by atoms with Crippen LogP contribution in [-0.2, 0) is 20.9 Å². The number of aryl methyl sites for hydroxylation is 1. The van der Waals surface area contributed by atoms with Crippen molar-refractivity contribution in [2.24, 2.45) is 0 Å². The minimum atomic E-state index is -3.89. The zero-order chi connectivity index (χ0) is 29.3. The van der Waals surface area contributed by atoms with Gasteiger partial charge in [0.1, 0.15) is 0 Å². The van der Waals surface area contributed by atoms with E-state index in [-0.39, 0.29) is 15.7 Å². The summed E-state index contributed by atoms with van der Waals surface area (Å²) in [6.07, 6.45) is 0. The summed E-state index contributed by atoms with van der Waals surface area (Å²) in [6.45, 7) is 10.7. The number of anilines is 2. The molecule has 0 aliphatic heterocycles. The quantitative estimate of drug-likeness (QED) is 0.190. The van der Waals surface area contributed by atoms with E-state index in [1.165, 1.54) is 15.4 Å². The van der Waals surface area contributed by atoms with Gasteiger partial charge in [0.05, 0.1) is 16.3 Å². The van der Waals surface area contributed by atoms with E-state index in [0.717, 1.165) is 16.7 Å². The number of benzene rings is 5. The molecule has 5 aromatic carbocycles. The molecule has 0 bridgehead atoms. The summed E-state index contributed by atoms with van der Waals surface area (Å²) >= 11 is 0. The first-order valence-corrected chi connectivity index (χ1v) is 15.4. The van der Waals surface area contributed by atoms with Crippen LogP contribution in [0.25, 0.3) is 0 Å². The molecule has 3 nitrogen and oxygen atoms in total. The van der Waals surface area contributed by atoms with Gasteiger partial charge in [0.2, 0.25) is 0 Å². The average molecular weight is 560 g/mol. The Morgan fingerprint density at radius 1 is 0.463 bits per heavy atom. The van der Waals surface area contributed by atoms with Crippen LogP contribution in [-0.4, -0.2) is 8.42 Å². The van der Waals surface area contributed by atoms with Gasteiger partial charge in [-0.15, -0.1) is 0 Å². The molecule has 208 valence electrons. The number of hydrogen-bond donors (Lipinski definition) is 0. The highest BCUT2D eigenvalue weighted by Gasteiger charge is 2.29. The summed E-state index contributed by atoms with van der Waals surface area (Å²) in [6, 6.07) is 43.5. The van der Waals surface area contributed by atoms with E-state index in [0.29, 0.717) is 11.4 Å². The summed E-state index contributed by atoms with van der Waals surface area (Å²) in [5, 5.41) is 0. The number of nitrogens with zero attached hydrogens (tertiary/aromatic N) is 1. The van der Waals surface area contributed by atoms with Crippen LogP contribution in [0.15, 0.2) is 138 Å². The highest BCUT2D eigenvalue weighted by atomic mass is 32.2. The Morgan fingerprint density at radius 2 is 0.805 bits per heavy atom. The Hall–Kier alpha value is -4.15. The van der Waals surface area contributed by atoms with Crippen molar-refractivity contribution < 1.29 is 8.42 Å². The summed E-state index contributed by atoms with van der Waals surface area (Å²) in [4.78, 5) is 0.255. The van der Waals surface area contributed by atoms with Gasteiger partial charge in [-0.3, -0.25) is 0 Å². The first-order chi connectivity index (χ1) is 19.5. The van der Waals surface area contributed by atoms with Gasteiger partial charge in [0.15, 0.2) is 0 Å². The third-order valence-corrected chi connectivity index (χ3v) is 9.97. The Balaban J connectivity index is 1.57. The molecule has 0 amide bonds. The monoisotopic (exact) mass is 559 g/mol. The van der Waals surface area contributed by atoms with E-state index in [4.69, 9.17) is 0 Å². The van der Waals surface area contributed by atoms with Crippen molar-refractivity contribution in [3.63, 3.8) is 0 Å². The number of sulfonamides is 1. The van der Waals surface area contributed by atoms with Crippen LogP contribution in [0.2, 0.25) is 0 Å². The smallest absolute Gasteiger partial charge is 0.235 e. The lowest BCUT2D eigenvalue weighted by Gasteiger charge is -2.29. The van der Waals surface area contributed by atoms with Crippen LogP contribution in [0.3, 0.4) is 0 Å². The molecule has 0 saturated carbocycles. The molecule has 4 heteroatoms. The van der Waals surface area contributed by atoms with E-state index in [1.54, 1.807) is 12.1 Å². The van der Waals surface area contributed by atoms with Crippen molar-refractivity contribution in [1.82, 2.24) is 0 Å². The molecule has 0 N–H and O–H groups in total. The van der Waals surface area contributed by atoms with Gasteiger partial charge in [-0.05, 0) is 65.6 Å². The molecule has 0 radical (unpaired) electrons. The third kappa shape index (κ3) is 5.57. The second-order valence-electron chi connectivity index (χ2n) is 11.7. The lowest BCUT2D eigenvalue weighted by molar-refractivity contribution is 0.596. The van der Waals surface area contributed by atoms with E-state index in [2.05, 4.69) is 52.0 Å². The largest absolute Gasteiger partial charge is 0.268 e. The molecule has 0 fully saturated rings. The average Bonchev–Trinajstić information content (AvgIpc) is 2.99. The zero-order valence-electron chi connectivity index (χ0n) is 24.4. The fraction of sp³-hybridized carbons (Fsp3) is 0.189. The first kappa shape index (κ1) is 28.4. The maximum Gasteiger partial charge on any atom is 0.268 e. The second kappa shape index (κ2) is 11.0. The standard InChI is InChI=1S/C37H37NO2S/c1-28-16-26-35(27-17-28)41(39,40)38(33-22-18-31(19-23-33)36(2,3)29-12-8-6-9-13-29)34-24-20-32(21-25-34)37(4,5)30-14-10-7-11-15-30/h6-27H,1-5H3. The fourth-order valence-electron chi connectivity index (χ4n) is 5.31. The molecule has 0 unspecified atom stereocenters. The van der Waals surface area contributed by atoms with E-state index in [9.17, 15) is 8.42 Å². The number of rotatable bonds is 8. The summed E-state index contributed by atoms with van der Waals surface area (Å²) in [7, 11) is -3.89. The van der Waals surface area contributed by atoms with Crippen molar-refractivity contribution in [1.29, 1.82) is 0 Å². The molecule has 0 aromatic heterocycles. The molecule has 0 heterocycles. The van der Waals surface area contributed by atoms with Crippen LogP contribution in [0.4, 0.5) is 11.4 Å². The molecular formula is C37H37NO2S. The molecular weight excluding hydrogens is 522 g/mol. The van der Waals surface area contributed by atoms with Gasteiger partial charge in [-0.2, -0.15) is 0 Å². The van der Waals surface area contributed by atoms with Crippen LogP contribution in [0.5, 0.6) is 0 Å². The predicted molar refractivity (Wildman–Crippen MR) is 171 cm³/mol. The third-order valence-electron chi connectivity index (χ3n) is 8.20. The Labute approximate surface area is 245 Å². The molecule has 5 aromatic rings. The van der Waals surface area contributed by atoms with Crippen LogP contribution >= 0.6 is 0 Å². The minimum Gasteiger partial charge on any atom is -0.235 e. The van der Waals surface area contributed by atoms with Gasteiger partial charge in [0.25, 0.3) is 10.0 Å². The maximum absolute atomic E-state index is 14.2. The zero-order valence-corrected chi connectivity index (χ0v) is 25.2. The van der Waals surface area contributed by atoms with E-state index in [1.807, 2.05) is 104 Å². The first-order valence-electron chi connectivity index (χ1n) is 14.0. The molecule has 41 heavy (non-hydrogen) atoms. The molecule has 0 spiro atoms. The molecule has 0 saturated heterocycles. The topological polar surface area (TPSA) is 37.4 Å². The van der Waals surface area contributed by atoms with Crippen molar-refractivity contribution in [3.8, 4) is 0 Å². The summed E-state index contributed by atoms with van der Waals surface area (Å²) in [5.74, 6) is 0. The van der Waals surface area contributed by atoms with E-state index < -0.39 is 10.0 Å². The fourth-order valence-corrected chi connectivity index (χ4v) is 6.80. The second-order valence-corrected chi connectivity index (χ2v) is 13.4. The van der Waals surface area contributed by atoms with Gasteiger partial charge in [-0.25, -0.2) is 12.7 Å². The van der Waals surface area contributed by atoms with Gasteiger partial charge in [0, 0.05) is 10.8 Å². The lowest BCUT2D eigenvalue weighted by Crippen LogP contribution is -2.27. The predicted octanol–water partition coefficient (Wildman–Crippen LogP) is 9.17. The Kier molecular flexibility index (Phi) is 7.63. The molecule has 0 atom stereocenters. The summed E-state index contributed by atoms with van der Waals surface area (Å²) in [5.41, 5.74) is 6.36. The van der Waals surface area contributed by atoms with Crippen molar-refractivity contribution in [3.05, 3.63) is 161 Å². The van der Waals surface area contributed by atoms with Crippen molar-refractivity contribution in [2.75, 3.05) is 4.31 Å². The van der Waals surface area contributed by atoms with Crippen LogP contribution < -0.4 is 4.31 Å². The SMILES string of the molecule is Cc1ccc(S(=O)(=O)N(c2ccc(C(C)(C)c3ccccc3)cc2)c2ccc(C(C)(C)c3ccccc3)cc2)cc1. The van der Waals surface area contributed by atoms with E-state index >= 15 is 0 Å². The van der Waals surface area contributed by atoms with Crippen LogP contribution in [0, 0.1) is 6.92 Å². The molecule has 0 aliphatic carbocycles. The highest BCUT2D eigenvalue weighted by Crippen LogP contribution is 2.38. The lowest BCUT2D eigenvalue weighted by atomic mass is 9.78. The molecule has 5 rings (SSSR count). The Bertz CT molecular complexity index is 1610. The molecule has 0 aliphatic rings. The van der Waals surface area contributed by atoms with Gasteiger partial charge in [-0.1, -0.05) is 130 Å². The Morgan fingerprint density at radius 3 is 1.17 bits per heavy atom. The maximum atomic E-state index is 14.2. The number of hydrogen-bond acceptors (Lipinski definition) is 2. The normalized spacial score (nSPS) is 12.2. The van der Waals surface area contributed by atoms with Gasteiger partial charge < -0.3 is 0 Å². The van der Waals surface area contributed by atoms with Gasteiger partial charge >= 0.3 is 0 Å².